The Bertz CT molecular complexity index is 89.4. The van der Waals surface area contributed by atoms with Crippen LogP contribution in [0.15, 0.2) is 0 Å². The van der Waals surface area contributed by atoms with Gasteiger partial charge in [0, 0.05) is 26.9 Å². The molecule has 0 fully saturated rings. The standard InChI is InChI=1S/C10H23NO3/c1-3-13-8-6-11-5-4-7-14-10-9-12-2/h11H,3-10H2,1-2H3. The Morgan fingerprint density at radius 3 is 2.50 bits per heavy atom. The number of nitrogens with one attached hydrogen (secondary N) is 1. The van der Waals surface area contributed by atoms with Gasteiger partial charge in [-0.25, -0.2) is 0 Å². The van der Waals surface area contributed by atoms with Crippen molar-refractivity contribution in [1.29, 1.82) is 0 Å². The molecule has 0 spiro atoms. The normalized spacial score (nSPS) is 10.7. The maximum atomic E-state index is 5.31. The van der Waals surface area contributed by atoms with E-state index in [1.807, 2.05) is 6.92 Å². The van der Waals surface area contributed by atoms with Crippen molar-refractivity contribution in [2.24, 2.45) is 0 Å². The van der Waals surface area contributed by atoms with Crippen LogP contribution in [0.5, 0.6) is 0 Å². The molecule has 0 unspecified atom stereocenters. The summed E-state index contributed by atoms with van der Waals surface area (Å²) in [6.07, 6.45) is 1.04. The first kappa shape index (κ1) is 13.8. The first-order valence-corrected chi connectivity index (χ1v) is 5.27. The van der Waals surface area contributed by atoms with Crippen molar-refractivity contribution < 1.29 is 14.2 Å². The molecule has 0 aliphatic heterocycles. The van der Waals surface area contributed by atoms with Gasteiger partial charge in [-0.1, -0.05) is 0 Å². The van der Waals surface area contributed by atoms with Gasteiger partial charge in [0.25, 0.3) is 0 Å². The first-order valence-electron chi connectivity index (χ1n) is 5.27. The van der Waals surface area contributed by atoms with E-state index in [-0.39, 0.29) is 0 Å². The van der Waals surface area contributed by atoms with Gasteiger partial charge in [-0.2, -0.15) is 0 Å². The van der Waals surface area contributed by atoms with E-state index in [0.717, 1.165) is 39.3 Å². The lowest BCUT2D eigenvalue weighted by atomic mass is 10.4. The van der Waals surface area contributed by atoms with Crippen LogP contribution in [0.3, 0.4) is 0 Å². The summed E-state index contributed by atoms with van der Waals surface area (Å²) in [5.74, 6) is 0. The molecule has 0 saturated carbocycles. The van der Waals surface area contributed by atoms with Crippen LogP contribution in [-0.2, 0) is 14.2 Å². The van der Waals surface area contributed by atoms with E-state index in [0.29, 0.717) is 13.2 Å². The van der Waals surface area contributed by atoms with Gasteiger partial charge in [-0.05, 0) is 19.9 Å². The minimum absolute atomic E-state index is 0.678. The Kier molecular flexibility index (Phi) is 12.7. The van der Waals surface area contributed by atoms with Gasteiger partial charge < -0.3 is 19.5 Å². The van der Waals surface area contributed by atoms with Crippen LogP contribution in [0.1, 0.15) is 13.3 Å². The molecule has 0 atom stereocenters. The number of hydrogen-bond acceptors (Lipinski definition) is 4. The zero-order chi connectivity index (χ0) is 10.5. The molecular formula is C10H23NO3. The molecule has 4 nitrogen and oxygen atoms in total. The van der Waals surface area contributed by atoms with Crippen molar-refractivity contribution in [3.05, 3.63) is 0 Å². The third kappa shape index (κ3) is 11.8. The average molecular weight is 205 g/mol. The predicted molar refractivity (Wildman–Crippen MR) is 56.7 cm³/mol. The molecular weight excluding hydrogens is 182 g/mol. The summed E-state index contributed by atoms with van der Waals surface area (Å²) in [6.45, 7) is 7.66. The maximum Gasteiger partial charge on any atom is 0.0700 e. The van der Waals surface area contributed by atoms with E-state index >= 15 is 0 Å². The van der Waals surface area contributed by atoms with Gasteiger partial charge in [-0.3, -0.25) is 0 Å². The summed E-state index contributed by atoms with van der Waals surface area (Å²) in [6, 6.07) is 0. The summed E-state index contributed by atoms with van der Waals surface area (Å²) in [7, 11) is 1.68. The van der Waals surface area contributed by atoms with Gasteiger partial charge in [0.1, 0.15) is 0 Å². The lowest BCUT2D eigenvalue weighted by Gasteiger charge is -2.05. The molecule has 0 aromatic carbocycles. The van der Waals surface area contributed by atoms with Crippen molar-refractivity contribution in [2.75, 3.05) is 53.2 Å². The van der Waals surface area contributed by atoms with Crippen molar-refractivity contribution >= 4 is 0 Å². The van der Waals surface area contributed by atoms with E-state index < -0.39 is 0 Å². The van der Waals surface area contributed by atoms with Crippen LogP contribution in [0.4, 0.5) is 0 Å². The van der Waals surface area contributed by atoms with E-state index in [2.05, 4.69) is 5.32 Å². The Balaban J connectivity index is 2.78. The quantitative estimate of drug-likeness (QED) is 0.503. The van der Waals surface area contributed by atoms with E-state index in [9.17, 15) is 0 Å². The van der Waals surface area contributed by atoms with Crippen LogP contribution in [-0.4, -0.2) is 53.2 Å². The summed E-state index contributed by atoms with van der Waals surface area (Å²) in [5, 5.41) is 3.27. The highest BCUT2D eigenvalue weighted by atomic mass is 16.5. The Morgan fingerprint density at radius 1 is 0.929 bits per heavy atom. The van der Waals surface area contributed by atoms with Crippen molar-refractivity contribution in [1.82, 2.24) is 5.32 Å². The smallest absolute Gasteiger partial charge is 0.0700 e. The molecule has 0 saturated heterocycles. The average Bonchev–Trinajstić information content (AvgIpc) is 2.21. The Hall–Kier alpha value is -0.160. The van der Waals surface area contributed by atoms with Gasteiger partial charge in [-0.15, -0.1) is 0 Å². The molecule has 86 valence electrons. The monoisotopic (exact) mass is 205 g/mol. The highest BCUT2D eigenvalue weighted by molar-refractivity contribution is 4.46. The van der Waals surface area contributed by atoms with E-state index in [1.54, 1.807) is 7.11 Å². The summed E-state index contributed by atoms with van der Waals surface area (Å²) < 4.78 is 15.3. The van der Waals surface area contributed by atoms with Gasteiger partial charge >= 0.3 is 0 Å². The lowest BCUT2D eigenvalue weighted by Crippen LogP contribution is -2.22. The van der Waals surface area contributed by atoms with Crippen LogP contribution in [0.2, 0.25) is 0 Å². The number of hydrogen-bond donors (Lipinski definition) is 1. The minimum Gasteiger partial charge on any atom is -0.382 e. The van der Waals surface area contributed by atoms with Gasteiger partial charge in [0.05, 0.1) is 19.8 Å². The number of methoxy groups -OCH3 is 1. The highest BCUT2D eigenvalue weighted by Gasteiger charge is 1.89. The van der Waals surface area contributed by atoms with Crippen molar-refractivity contribution in [3.8, 4) is 0 Å². The number of rotatable bonds is 11. The molecule has 0 aromatic rings. The van der Waals surface area contributed by atoms with E-state index in [1.165, 1.54) is 0 Å². The SMILES string of the molecule is CCOCCNCCCOCCOC. The molecule has 0 heterocycles. The molecule has 0 amide bonds. The zero-order valence-corrected chi connectivity index (χ0v) is 9.38. The molecule has 0 aromatic heterocycles. The fourth-order valence-corrected chi connectivity index (χ4v) is 0.957. The largest absolute Gasteiger partial charge is 0.382 e. The fourth-order valence-electron chi connectivity index (χ4n) is 0.957. The third-order valence-electron chi connectivity index (χ3n) is 1.70. The van der Waals surface area contributed by atoms with Crippen LogP contribution in [0, 0.1) is 0 Å². The van der Waals surface area contributed by atoms with Crippen LogP contribution in [0.25, 0.3) is 0 Å². The minimum atomic E-state index is 0.678. The summed E-state index contributed by atoms with van der Waals surface area (Å²) in [4.78, 5) is 0. The fraction of sp³-hybridized carbons (Fsp3) is 1.00. The van der Waals surface area contributed by atoms with Gasteiger partial charge in [0.15, 0.2) is 0 Å². The maximum absolute atomic E-state index is 5.31. The second-order valence-electron chi connectivity index (χ2n) is 2.91. The second-order valence-corrected chi connectivity index (χ2v) is 2.91. The van der Waals surface area contributed by atoms with Gasteiger partial charge in [0.2, 0.25) is 0 Å². The molecule has 1 N–H and O–H groups in total. The third-order valence-corrected chi connectivity index (χ3v) is 1.70. The predicted octanol–water partition coefficient (Wildman–Crippen LogP) is 0.666. The lowest BCUT2D eigenvalue weighted by molar-refractivity contribution is 0.0692. The Labute approximate surface area is 86.9 Å². The number of ether oxygens (including phenoxy) is 3. The second kappa shape index (κ2) is 12.8. The van der Waals surface area contributed by atoms with Crippen molar-refractivity contribution in [3.63, 3.8) is 0 Å². The van der Waals surface area contributed by atoms with E-state index in [4.69, 9.17) is 14.2 Å². The molecule has 0 radical (unpaired) electrons. The molecule has 0 bridgehead atoms. The molecule has 0 rings (SSSR count). The molecule has 14 heavy (non-hydrogen) atoms. The molecule has 4 heteroatoms. The van der Waals surface area contributed by atoms with Crippen LogP contribution >= 0.6 is 0 Å². The molecule has 0 aliphatic carbocycles. The summed E-state index contributed by atoms with van der Waals surface area (Å²) in [5.41, 5.74) is 0. The summed E-state index contributed by atoms with van der Waals surface area (Å²) >= 11 is 0. The Morgan fingerprint density at radius 2 is 1.79 bits per heavy atom. The topological polar surface area (TPSA) is 39.7 Å². The van der Waals surface area contributed by atoms with Crippen molar-refractivity contribution in [2.45, 2.75) is 13.3 Å². The molecule has 0 aliphatic rings. The first-order chi connectivity index (χ1) is 6.91. The zero-order valence-electron chi connectivity index (χ0n) is 9.38. The van der Waals surface area contributed by atoms with Crippen LogP contribution < -0.4 is 5.32 Å². The highest BCUT2D eigenvalue weighted by Crippen LogP contribution is 1.81.